The molecular weight excluding hydrogens is 310 g/mol. The fourth-order valence-corrected chi connectivity index (χ4v) is 2.12. The van der Waals surface area contributed by atoms with E-state index < -0.39 is 17.7 Å². The van der Waals surface area contributed by atoms with Crippen molar-refractivity contribution < 1.29 is 19.4 Å². The van der Waals surface area contributed by atoms with E-state index in [2.05, 4.69) is 10.4 Å². The van der Waals surface area contributed by atoms with E-state index in [0.29, 0.717) is 12.4 Å². The summed E-state index contributed by atoms with van der Waals surface area (Å²) < 4.78 is 6.87. The molecule has 1 heterocycles. The molecule has 7 nitrogen and oxygen atoms in total. The second-order valence-electron chi connectivity index (χ2n) is 6.46. The SMILES string of the molecule is Cc1cc(NC(=O)OC(C)(C)C)nn1Cc1cccc(C(=O)O)c1. The Morgan fingerprint density at radius 3 is 2.62 bits per heavy atom. The number of carboxylic acids is 1. The minimum Gasteiger partial charge on any atom is -0.478 e. The molecule has 7 heteroatoms. The number of carboxylic acid groups (broad SMARTS) is 1. The number of aromatic nitrogens is 2. The van der Waals surface area contributed by atoms with Gasteiger partial charge in [-0.15, -0.1) is 0 Å². The van der Waals surface area contributed by atoms with E-state index in [9.17, 15) is 9.59 Å². The molecule has 2 rings (SSSR count). The molecule has 24 heavy (non-hydrogen) atoms. The van der Waals surface area contributed by atoms with Crippen molar-refractivity contribution in [2.45, 2.75) is 39.8 Å². The number of nitrogens with zero attached hydrogens (tertiary/aromatic N) is 2. The number of hydrogen-bond acceptors (Lipinski definition) is 4. The maximum atomic E-state index is 11.8. The summed E-state index contributed by atoms with van der Waals surface area (Å²) in [5.41, 5.74) is 1.29. The van der Waals surface area contributed by atoms with Crippen molar-refractivity contribution in [3.63, 3.8) is 0 Å². The van der Waals surface area contributed by atoms with Crippen LogP contribution in [0.2, 0.25) is 0 Å². The largest absolute Gasteiger partial charge is 0.478 e. The Hall–Kier alpha value is -2.83. The van der Waals surface area contributed by atoms with Gasteiger partial charge < -0.3 is 9.84 Å². The fraction of sp³-hybridized carbons (Fsp3) is 0.353. The number of carbonyl (C=O) groups is 2. The van der Waals surface area contributed by atoms with Gasteiger partial charge >= 0.3 is 12.1 Å². The van der Waals surface area contributed by atoms with Gasteiger partial charge in [0.25, 0.3) is 0 Å². The van der Waals surface area contributed by atoms with Crippen molar-refractivity contribution >= 4 is 17.9 Å². The maximum absolute atomic E-state index is 11.8. The van der Waals surface area contributed by atoms with Crippen molar-refractivity contribution in [2.75, 3.05) is 5.32 Å². The zero-order valence-electron chi connectivity index (χ0n) is 14.2. The first-order chi connectivity index (χ1) is 11.1. The second kappa shape index (κ2) is 6.74. The number of amides is 1. The Kier molecular flexibility index (Phi) is 4.92. The molecule has 0 atom stereocenters. The molecule has 0 bridgehead atoms. The topological polar surface area (TPSA) is 93.5 Å². The summed E-state index contributed by atoms with van der Waals surface area (Å²) in [6.45, 7) is 7.61. The molecule has 0 aliphatic carbocycles. The van der Waals surface area contributed by atoms with Crippen LogP contribution in [-0.2, 0) is 11.3 Å². The summed E-state index contributed by atoms with van der Waals surface area (Å²) >= 11 is 0. The first-order valence-electron chi connectivity index (χ1n) is 7.51. The monoisotopic (exact) mass is 331 g/mol. The number of nitrogens with one attached hydrogen (secondary N) is 1. The Bertz CT molecular complexity index is 759. The third kappa shape index (κ3) is 4.84. The number of aromatic carboxylic acids is 1. The lowest BCUT2D eigenvalue weighted by molar-refractivity contribution is 0.0633. The van der Waals surface area contributed by atoms with Crippen LogP contribution >= 0.6 is 0 Å². The number of benzene rings is 1. The van der Waals surface area contributed by atoms with Gasteiger partial charge in [0, 0.05) is 11.8 Å². The molecule has 0 aliphatic rings. The van der Waals surface area contributed by atoms with Gasteiger partial charge in [-0.1, -0.05) is 12.1 Å². The van der Waals surface area contributed by atoms with E-state index in [0.717, 1.165) is 11.3 Å². The molecule has 1 aromatic carbocycles. The number of rotatable bonds is 4. The van der Waals surface area contributed by atoms with E-state index >= 15 is 0 Å². The Morgan fingerprint density at radius 1 is 1.29 bits per heavy atom. The lowest BCUT2D eigenvalue weighted by Gasteiger charge is -2.19. The molecular formula is C17H21N3O4. The lowest BCUT2D eigenvalue weighted by atomic mass is 10.1. The Labute approximate surface area is 140 Å². The molecule has 0 saturated carbocycles. The minimum atomic E-state index is -0.971. The van der Waals surface area contributed by atoms with Crippen LogP contribution < -0.4 is 5.32 Å². The molecule has 2 N–H and O–H groups in total. The third-order valence-electron chi connectivity index (χ3n) is 3.12. The summed E-state index contributed by atoms with van der Waals surface area (Å²) in [4.78, 5) is 22.8. The minimum absolute atomic E-state index is 0.226. The summed E-state index contributed by atoms with van der Waals surface area (Å²) in [6.07, 6.45) is -0.569. The molecule has 1 amide bonds. The second-order valence-corrected chi connectivity index (χ2v) is 6.46. The third-order valence-corrected chi connectivity index (χ3v) is 3.12. The summed E-state index contributed by atoms with van der Waals surface area (Å²) in [5.74, 6) is -0.586. The van der Waals surface area contributed by atoms with Crippen molar-refractivity contribution in [3.8, 4) is 0 Å². The van der Waals surface area contributed by atoms with Gasteiger partial charge in [-0.3, -0.25) is 10.00 Å². The quantitative estimate of drug-likeness (QED) is 0.896. The molecule has 0 fully saturated rings. The Morgan fingerprint density at radius 2 is 2.00 bits per heavy atom. The highest BCUT2D eigenvalue weighted by atomic mass is 16.6. The van der Waals surface area contributed by atoms with Gasteiger partial charge in [-0.05, 0) is 45.4 Å². The number of carbonyl (C=O) groups excluding carboxylic acids is 1. The molecule has 2 aromatic rings. The first kappa shape index (κ1) is 17.5. The Balaban J connectivity index is 2.10. The molecule has 128 valence electrons. The van der Waals surface area contributed by atoms with Crippen LogP contribution in [0.3, 0.4) is 0 Å². The predicted molar refractivity (Wildman–Crippen MR) is 89.3 cm³/mol. The van der Waals surface area contributed by atoms with Gasteiger partial charge in [-0.25, -0.2) is 9.59 Å². The first-order valence-corrected chi connectivity index (χ1v) is 7.51. The zero-order chi connectivity index (χ0) is 17.9. The van der Waals surface area contributed by atoms with Crippen LogP contribution in [-0.4, -0.2) is 32.6 Å². The highest BCUT2D eigenvalue weighted by Gasteiger charge is 2.17. The summed E-state index contributed by atoms with van der Waals surface area (Å²) in [6, 6.07) is 8.39. The van der Waals surface area contributed by atoms with E-state index in [1.165, 1.54) is 6.07 Å². The highest BCUT2D eigenvalue weighted by molar-refractivity contribution is 5.87. The number of anilines is 1. The van der Waals surface area contributed by atoms with E-state index in [4.69, 9.17) is 9.84 Å². The van der Waals surface area contributed by atoms with Gasteiger partial charge in [0.2, 0.25) is 0 Å². The molecule has 0 radical (unpaired) electrons. The van der Waals surface area contributed by atoms with E-state index in [1.807, 2.05) is 13.0 Å². The van der Waals surface area contributed by atoms with Gasteiger partial charge in [0.15, 0.2) is 5.82 Å². The number of ether oxygens (including phenoxy) is 1. The predicted octanol–water partition coefficient (Wildman–Crippen LogP) is 3.29. The van der Waals surface area contributed by atoms with Crippen molar-refractivity contribution in [3.05, 3.63) is 47.2 Å². The number of aryl methyl sites for hydroxylation is 1. The molecule has 0 saturated heterocycles. The van der Waals surface area contributed by atoms with E-state index in [1.54, 1.807) is 43.7 Å². The van der Waals surface area contributed by atoms with Crippen LogP contribution in [0, 0.1) is 6.92 Å². The average Bonchev–Trinajstić information content (AvgIpc) is 2.76. The fourth-order valence-electron chi connectivity index (χ4n) is 2.12. The average molecular weight is 331 g/mol. The van der Waals surface area contributed by atoms with Crippen LogP contribution in [0.25, 0.3) is 0 Å². The van der Waals surface area contributed by atoms with Crippen molar-refractivity contribution in [2.24, 2.45) is 0 Å². The normalized spacial score (nSPS) is 11.2. The van der Waals surface area contributed by atoms with Gasteiger partial charge in [0.05, 0.1) is 12.1 Å². The van der Waals surface area contributed by atoms with Gasteiger partial charge in [0.1, 0.15) is 5.60 Å². The maximum Gasteiger partial charge on any atom is 0.413 e. The smallest absolute Gasteiger partial charge is 0.413 e. The highest BCUT2D eigenvalue weighted by Crippen LogP contribution is 2.14. The van der Waals surface area contributed by atoms with Crippen LogP contribution in [0.4, 0.5) is 10.6 Å². The lowest BCUT2D eigenvalue weighted by Crippen LogP contribution is -2.27. The van der Waals surface area contributed by atoms with Crippen molar-refractivity contribution in [1.82, 2.24) is 9.78 Å². The van der Waals surface area contributed by atoms with Gasteiger partial charge in [-0.2, -0.15) is 5.10 Å². The standard InChI is InChI=1S/C17H21N3O4/c1-11-8-14(18-16(23)24-17(2,3)4)19-20(11)10-12-6-5-7-13(9-12)15(21)22/h5-9H,10H2,1-4H3,(H,21,22)(H,18,19,23). The number of hydrogen-bond donors (Lipinski definition) is 2. The van der Waals surface area contributed by atoms with Crippen LogP contribution in [0.15, 0.2) is 30.3 Å². The summed E-state index contributed by atoms with van der Waals surface area (Å²) in [5, 5.41) is 15.9. The zero-order valence-corrected chi connectivity index (χ0v) is 14.2. The molecule has 0 aliphatic heterocycles. The van der Waals surface area contributed by atoms with Crippen LogP contribution in [0.5, 0.6) is 0 Å². The molecule has 1 aromatic heterocycles. The molecule has 0 spiro atoms. The van der Waals surface area contributed by atoms with Crippen LogP contribution in [0.1, 0.15) is 42.4 Å². The van der Waals surface area contributed by atoms with E-state index in [-0.39, 0.29) is 5.56 Å². The summed E-state index contributed by atoms with van der Waals surface area (Å²) in [7, 11) is 0. The van der Waals surface area contributed by atoms with Crippen molar-refractivity contribution in [1.29, 1.82) is 0 Å². The molecule has 0 unspecified atom stereocenters.